The minimum atomic E-state index is -0.688. The Bertz CT molecular complexity index is 777. The van der Waals surface area contributed by atoms with E-state index in [-0.39, 0.29) is 29.3 Å². The van der Waals surface area contributed by atoms with Crippen molar-refractivity contribution >= 4 is 23.3 Å². The number of carbonyl (C=O) groups is 2. The third-order valence-electron chi connectivity index (χ3n) is 2.90. The number of carbonyl (C=O) groups excluding carboxylic acids is 2. The molecule has 0 aliphatic rings. The van der Waals surface area contributed by atoms with Crippen molar-refractivity contribution < 1.29 is 19.2 Å². The average molecular weight is 322 g/mol. The number of anilines is 1. The highest BCUT2D eigenvalue weighted by Crippen LogP contribution is 2.16. The van der Waals surface area contributed by atoms with Crippen LogP contribution >= 0.6 is 0 Å². The molecule has 0 aliphatic heterocycles. The van der Waals surface area contributed by atoms with Crippen molar-refractivity contribution in [2.75, 3.05) is 12.4 Å². The van der Waals surface area contributed by atoms with E-state index < -0.39 is 16.8 Å². The van der Waals surface area contributed by atoms with E-state index in [1.807, 2.05) is 0 Å². The van der Waals surface area contributed by atoms with Crippen LogP contribution in [0, 0.1) is 17.0 Å². The smallest absolute Gasteiger partial charge is 0.360 e. The fourth-order valence-corrected chi connectivity index (χ4v) is 1.93. The molecule has 11 heteroatoms. The SMILES string of the molecule is COC(=O)c1nn(C)cc1NC(=O)Cn1cc([N+](=O)[O-])c(C)n1. The molecule has 2 rings (SSSR count). The van der Waals surface area contributed by atoms with Gasteiger partial charge in [-0.25, -0.2) is 4.79 Å². The normalized spacial score (nSPS) is 10.4. The predicted octanol–water partition coefficient (Wildman–Crippen LogP) is 0.259. The Morgan fingerprint density at radius 2 is 2.09 bits per heavy atom. The summed E-state index contributed by atoms with van der Waals surface area (Å²) in [5, 5.41) is 21.0. The molecule has 0 spiro atoms. The Labute approximate surface area is 130 Å². The summed E-state index contributed by atoms with van der Waals surface area (Å²) in [6.07, 6.45) is 2.61. The molecule has 11 nitrogen and oxygen atoms in total. The summed E-state index contributed by atoms with van der Waals surface area (Å²) in [7, 11) is 2.79. The number of amides is 1. The second kappa shape index (κ2) is 6.25. The van der Waals surface area contributed by atoms with Gasteiger partial charge in [0.05, 0.1) is 17.7 Å². The summed E-state index contributed by atoms with van der Waals surface area (Å²) in [5.41, 5.74) is 0.183. The first kappa shape index (κ1) is 16.1. The van der Waals surface area contributed by atoms with Gasteiger partial charge in [0.1, 0.15) is 18.4 Å². The first-order valence-corrected chi connectivity index (χ1v) is 6.42. The van der Waals surface area contributed by atoms with E-state index >= 15 is 0 Å². The third-order valence-corrected chi connectivity index (χ3v) is 2.90. The molecule has 23 heavy (non-hydrogen) atoms. The predicted molar refractivity (Wildman–Crippen MR) is 76.8 cm³/mol. The van der Waals surface area contributed by atoms with Crippen molar-refractivity contribution in [3.05, 3.63) is 33.9 Å². The largest absolute Gasteiger partial charge is 0.464 e. The van der Waals surface area contributed by atoms with Gasteiger partial charge >= 0.3 is 11.7 Å². The number of aryl methyl sites for hydroxylation is 2. The highest BCUT2D eigenvalue weighted by atomic mass is 16.6. The molecule has 1 amide bonds. The number of rotatable bonds is 5. The minimum Gasteiger partial charge on any atom is -0.464 e. The third kappa shape index (κ3) is 3.51. The molecule has 0 aliphatic carbocycles. The van der Waals surface area contributed by atoms with Crippen LogP contribution in [0.4, 0.5) is 11.4 Å². The van der Waals surface area contributed by atoms with Gasteiger partial charge in [-0.15, -0.1) is 0 Å². The van der Waals surface area contributed by atoms with Crippen molar-refractivity contribution in [2.24, 2.45) is 7.05 Å². The first-order valence-electron chi connectivity index (χ1n) is 6.42. The molecule has 2 aromatic heterocycles. The highest BCUT2D eigenvalue weighted by molar-refractivity contribution is 5.99. The van der Waals surface area contributed by atoms with E-state index in [9.17, 15) is 19.7 Å². The molecule has 1 N–H and O–H groups in total. The van der Waals surface area contributed by atoms with Crippen LogP contribution in [-0.2, 0) is 23.1 Å². The van der Waals surface area contributed by atoms with E-state index in [1.54, 1.807) is 7.05 Å². The Kier molecular flexibility index (Phi) is 4.39. The van der Waals surface area contributed by atoms with Crippen molar-refractivity contribution in [2.45, 2.75) is 13.5 Å². The van der Waals surface area contributed by atoms with Crippen LogP contribution in [0.15, 0.2) is 12.4 Å². The first-order chi connectivity index (χ1) is 10.8. The second-order valence-electron chi connectivity index (χ2n) is 4.66. The van der Waals surface area contributed by atoms with Gasteiger partial charge in [-0.05, 0) is 6.92 Å². The zero-order valence-electron chi connectivity index (χ0n) is 12.6. The maximum absolute atomic E-state index is 12.0. The summed E-state index contributed by atoms with van der Waals surface area (Å²) >= 11 is 0. The molecule has 2 heterocycles. The number of hydrogen-bond donors (Lipinski definition) is 1. The van der Waals surface area contributed by atoms with Crippen LogP contribution < -0.4 is 5.32 Å². The summed E-state index contributed by atoms with van der Waals surface area (Å²) in [6.45, 7) is 1.23. The minimum absolute atomic E-state index is 0.0361. The molecule has 0 fully saturated rings. The van der Waals surface area contributed by atoms with Gasteiger partial charge < -0.3 is 10.1 Å². The van der Waals surface area contributed by atoms with Crippen LogP contribution in [0.25, 0.3) is 0 Å². The molecule has 122 valence electrons. The van der Waals surface area contributed by atoms with Gasteiger partial charge in [-0.3, -0.25) is 24.3 Å². The number of hydrogen-bond acceptors (Lipinski definition) is 7. The lowest BCUT2D eigenvalue weighted by Gasteiger charge is -2.04. The van der Waals surface area contributed by atoms with E-state index in [1.165, 1.54) is 31.1 Å². The summed E-state index contributed by atoms with van der Waals surface area (Å²) in [4.78, 5) is 33.8. The molecule has 0 saturated carbocycles. The quantitative estimate of drug-likeness (QED) is 0.474. The van der Waals surface area contributed by atoms with Gasteiger partial charge in [-0.2, -0.15) is 10.2 Å². The Hall–Kier alpha value is -3.24. The van der Waals surface area contributed by atoms with E-state index in [0.717, 1.165) is 4.68 Å². The lowest BCUT2D eigenvalue weighted by atomic mass is 10.3. The fraction of sp³-hybridized carbons (Fsp3) is 0.333. The number of methoxy groups -OCH3 is 1. The Balaban J connectivity index is 2.13. The van der Waals surface area contributed by atoms with Crippen LogP contribution in [0.1, 0.15) is 16.2 Å². The number of ether oxygens (including phenoxy) is 1. The molecule has 0 atom stereocenters. The molecule has 0 saturated heterocycles. The zero-order chi connectivity index (χ0) is 17.1. The average Bonchev–Trinajstić information content (AvgIpc) is 3.00. The van der Waals surface area contributed by atoms with Gasteiger partial charge in [0.2, 0.25) is 5.91 Å². The Morgan fingerprint density at radius 3 is 2.65 bits per heavy atom. The maximum atomic E-state index is 12.0. The number of aromatic nitrogens is 4. The molecule has 2 aromatic rings. The van der Waals surface area contributed by atoms with Crippen LogP contribution in [0.2, 0.25) is 0 Å². The van der Waals surface area contributed by atoms with Crippen LogP contribution in [-0.4, -0.2) is 43.5 Å². The number of esters is 1. The number of nitrogens with zero attached hydrogens (tertiary/aromatic N) is 5. The number of nitro groups is 1. The maximum Gasteiger partial charge on any atom is 0.360 e. The van der Waals surface area contributed by atoms with E-state index in [2.05, 4.69) is 20.3 Å². The highest BCUT2D eigenvalue weighted by Gasteiger charge is 2.20. The molecular formula is C12H14N6O5. The topological polar surface area (TPSA) is 134 Å². The molecule has 0 radical (unpaired) electrons. The summed E-state index contributed by atoms with van der Waals surface area (Å²) in [5.74, 6) is -1.20. The molecule has 0 bridgehead atoms. The van der Waals surface area contributed by atoms with Crippen molar-refractivity contribution in [1.29, 1.82) is 0 Å². The Morgan fingerprint density at radius 1 is 1.39 bits per heavy atom. The van der Waals surface area contributed by atoms with E-state index in [4.69, 9.17) is 0 Å². The van der Waals surface area contributed by atoms with Crippen molar-refractivity contribution in [3.63, 3.8) is 0 Å². The van der Waals surface area contributed by atoms with Gasteiger partial charge in [0.15, 0.2) is 5.69 Å². The summed E-state index contributed by atoms with van der Waals surface area (Å²) in [6, 6.07) is 0. The van der Waals surface area contributed by atoms with E-state index in [0.29, 0.717) is 0 Å². The van der Waals surface area contributed by atoms with Gasteiger partial charge in [0, 0.05) is 13.2 Å². The second-order valence-corrected chi connectivity index (χ2v) is 4.66. The monoisotopic (exact) mass is 322 g/mol. The number of nitrogens with one attached hydrogen (secondary N) is 1. The van der Waals surface area contributed by atoms with Crippen molar-refractivity contribution in [3.8, 4) is 0 Å². The lowest BCUT2D eigenvalue weighted by Crippen LogP contribution is -2.20. The molecule has 0 aromatic carbocycles. The molecule has 0 unspecified atom stereocenters. The zero-order valence-corrected chi connectivity index (χ0v) is 12.6. The van der Waals surface area contributed by atoms with Crippen LogP contribution in [0.3, 0.4) is 0 Å². The standard InChI is InChI=1S/C12H14N6O5/c1-7-9(18(21)22)5-17(14-7)6-10(19)13-8-4-16(2)15-11(8)12(20)23-3/h4-5H,6H2,1-3H3,(H,13,19). The van der Waals surface area contributed by atoms with Crippen LogP contribution in [0.5, 0.6) is 0 Å². The fourth-order valence-electron chi connectivity index (χ4n) is 1.93. The van der Waals surface area contributed by atoms with Gasteiger partial charge in [-0.1, -0.05) is 0 Å². The summed E-state index contributed by atoms with van der Waals surface area (Å²) < 4.78 is 7.08. The lowest BCUT2D eigenvalue weighted by molar-refractivity contribution is -0.385. The molecular weight excluding hydrogens is 308 g/mol. The van der Waals surface area contributed by atoms with Crippen molar-refractivity contribution in [1.82, 2.24) is 19.6 Å². The van der Waals surface area contributed by atoms with Gasteiger partial charge in [0.25, 0.3) is 0 Å².